The monoisotopic (exact) mass is 289 g/mol. The number of benzene rings is 2. The Morgan fingerprint density at radius 2 is 1.62 bits per heavy atom. The van der Waals surface area contributed by atoms with Crippen molar-refractivity contribution in [2.75, 3.05) is 0 Å². The predicted molar refractivity (Wildman–Crippen MR) is 82.3 cm³/mol. The third-order valence-corrected chi connectivity index (χ3v) is 3.79. The highest BCUT2D eigenvalue weighted by Crippen LogP contribution is 2.25. The van der Waals surface area contributed by atoms with Crippen LogP contribution in [0, 0.1) is 18.6 Å². The lowest BCUT2D eigenvalue weighted by atomic mass is 9.95. The first-order chi connectivity index (χ1) is 9.90. The molecular weight excluding hydrogens is 268 g/mol. The van der Waals surface area contributed by atoms with E-state index in [4.69, 9.17) is 5.73 Å². The van der Waals surface area contributed by atoms with E-state index in [0.717, 1.165) is 5.56 Å². The summed E-state index contributed by atoms with van der Waals surface area (Å²) in [7, 11) is 0. The summed E-state index contributed by atoms with van der Waals surface area (Å²) in [6.45, 7) is 5.86. The normalized spacial score (nSPS) is 12.7. The van der Waals surface area contributed by atoms with Gasteiger partial charge in [0.1, 0.15) is 11.6 Å². The van der Waals surface area contributed by atoms with Crippen LogP contribution in [-0.4, -0.2) is 0 Å². The van der Waals surface area contributed by atoms with Gasteiger partial charge < -0.3 is 5.73 Å². The van der Waals surface area contributed by atoms with Crippen molar-refractivity contribution in [1.29, 1.82) is 0 Å². The fourth-order valence-corrected chi connectivity index (χ4v) is 2.41. The molecule has 0 saturated heterocycles. The van der Waals surface area contributed by atoms with E-state index >= 15 is 0 Å². The summed E-state index contributed by atoms with van der Waals surface area (Å²) in [6, 6.07) is 10.0. The molecule has 2 aromatic rings. The standard InChI is InChI=1S/C18H21F2N/c1-11(2)14-7-5-13(6-8-14)10-16(21)17-15(19)9-4-12(3)18(17)20/h4-9,11,16H,10,21H2,1-3H3. The van der Waals surface area contributed by atoms with Crippen molar-refractivity contribution >= 4 is 0 Å². The second kappa shape index (κ2) is 6.35. The Labute approximate surface area is 124 Å². The molecule has 2 N–H and O–H groups in total. The van der Waals surface area contributed by atoms with E-state index in [1.165, 1.54) is 17.7 Å². The highest BCUT2D eigenvalue weighted by molar-refractivity contribution is 5.31. The molecule has 112 valence electrons. The van der Waals surface area contributed by atoms with E-state index in [0.29, 0.717) is 17.9 Å². The number of hydrogen-bond donors (Lipinski definition) is 1. The summed E-state index contributed by atoms with van der Waals surface area (Å²) < 4.78 is 27.9. The van der Waals surface area contributed by atoms with Crippen LogP contribution in [0.3, 0.4) is 0 Å². The van der Waals surface area contributed by atoms with E-state index in [2.05, 4.69) is 13.8 Å². The van der Waals surface area contributed by atoms with Crippen molar-refractivity contribution < 1.29 is 8.78 Å². The summed E-state index contributed by atoms with van der Waals surface area (Å²) in [4.78, 5) is 0. The average Bonchev–Trinajstić information content (AvgIpc) is 2.44. The van der Waals surface area contributed by atoms with Crippen molar-refractivity contribution in [3.8, 4) is 0 Å². The first-order valence-corrected chi connectivity index (χ1v) is 7.19. The molecule has 1 atom stereocenters. The third kappa shape index (κ3) is 3.48. The molecule has 2 aromatic carbocycles. The van der Waals surface area contributed by atoms with Crippen LogP contribution in [-0.2, 0) is 6.42 Å². The summed E-state index contributed by atoms with van der Waals surface area (Å²) in [6.07, 6.45) is 0.412. The van der Waals surface area contributed by atoms with Gasteiger partial charge in [-0.3, -0.25) is 0 Å². The van der Waals surface area contributed by atoms with Gasteiger partial charge in [0.15, 0.2) is 0 Å². The minimum Gasteiger partial charge on any atom is -0.323 e. The van der Waals surface area contributed by atoms with Gasteiger partial charge in [-0.2, -0.15) is 0 Å². The Morgan fingerprint density at radius 3 is 2.19 bits per heavy atom. The fourth-order valence-electron chi connectivity index (χ4n) is 2.41. The summed E-state index contributed by atoms with van der Waals surface area (Å²) in [5, 5.41) is 0. The number of rotatable bonds is 4. The molecule has 3 heteroatoms. The molecule has 0 fully saturated rings. The van der Waals surface area contributed by atoms with Gasteiger partial charge >= 0.3 is 0 Å². The number of aryl methyl sites for hydroxylation is 1. The van der Waals surface area contributed by atoms with Crippen LogP contribution in [0.2, 0.25) is 0 Å². The maximum absolute atomic E-state index is 14.1. The van der Waals surface area contributed by atoms with E-state index in [1.54, 1.807) is 6.92 Å². The van der Waals surface area contributed by atoms with Gasteiger partial charge in [-0.15, -0.1) is 0 Å². The SMILES string of the molecule is Cc1ccc(F)c(C(N)Cc2ccc(C(C)C)cc2)c1F. The van der Waals surface area contributed by atoms with Crippen molar-refractivity contribution in [3.05, 3.63) is 70.3 Å². The van der Waals surface area contributed by atoms with Crippen LogP contribution < -0.4 is 5.73 Å². The lowest BCUT2D eigenvalue weighted by Crippen LogP contribution is -2.17. The van der Waals surface area contributed by atoms with Gasteiger partial charge in [0.25, 0.3) is 0 Å². The predicted octanol–water partition coefficient (Wildman–Crippen LogP) is 4.64. The minimum atomic E-state index is -0.685. The van der Waals surface area contributed by atoms with Gasteiger partial charge in [-0.05, 0) is 42.0 Å². The molecule has 0 aliphatic carbocycles. The zero-order valence-electron chi connectivity index (χ0n) is 12.7. The highest BCUT2D eigenvalue weighted by Gasteiger charge is 2.18. The third-order valence-electron chi connectivity index (χ3n) is 3.79. The maximum atomic E-state index is 14.1. The van der Waals surface area contributed by atoms with Gasteiger partial charge in [-0.1, -0.05) is 44.2 Å². The van der Waals surface area contributed by atoms with E-state index in [1.807, 2.05) is 24.3 Å². The minimum absolute atomic E-state index is 0.0251. The number of halogens is 2. The lowest BCUT2D eigenvalue weighted by Gasteiger charge is -2.16. The second-order valence-electron chi connectivity index (χ2n) is 5.80. The Balaban J connectivity index is 2.22. The molecule has 1 nitrogen and oxygen atoms in total. The second-order valence-corrected chi connectivity index (χ2v) is 5.80. The molecule has 0 heterocycles. The van der Waals surface area contributed by atoms with Crippen molar-refractivity contribution in [2.24, 2.45) is 5.73 Å². The molecule has 0 aliphatic rings. The zero-order chi connectivity index (χ0) is 15.6. The van der Waals surface area contributed by atoms with Crippen LogP contribution in [0.25, 0.3) is 0 Å². The summed E-state index contributed by atoms with van der Waals surface area (Å²) in [5.74, 6) is -0.662. The fraction of sp³-hybridized carbons (Fsp3) is 0.333. The molecule has 0 amide bonds. The first kappa shape index (κ1) is 15.6. The molecule has 0 bridgehead atoms. The molecule has 0 saturated carbocycles. The largest absolute Gasteiger partial charge is 0.323 e. The quantitative estimate of drug-likeness (QED) is 0.872. The number of nitrogens with two attached hydrogens (primary N) is 1. The first-order valence-electron chi connectivity index (χ1n) is 7.19. The Kier molecular flexibility index (Phi) is 4.73. The van der Waals surface area contributed by atoms with Gasteiger partial charge in [0.2, 0.25) is 0 Å². The van der Waals surface area contributed by atoms with E-state index in [-0.39, 0.29) is 5.56 Å². The van der Waals surface area contributed by atoms with Crippen LogP contribution >= 0.6 is 0 Å². The Hall–Kier alpha value is -1.74. The van der Waals surface area contributed by atoms with Gasteiger partial charge in [0, 0.05) is 11.6 Å². The maximum Gasteiger partial charge on any atom is 0.133 e. The zero-order valence-corrected chi connectivity index (χ0v) is 12.7. The molecule has 2 rings (SSSR count). The summed E-state index contributed by atoms with van der Waals surface area (Å²) in [5.41, 5.74) is 8.62. The molecule has 0 aromatic heterocycles. The van der Waals surface area contributed by atoms with Crippen molar-refractivity contribution in [3.63, 3.8) is 0 Å². The Morgan fingerprint density at radius 1 is 1.00 bits per heavy atom. The molecule has 1 unspecified atom stereocenters. The lowest BCUT2D eigenvalue weighted by molar-refractivity contribution is 0.520. The van der Waals surface area contributed by atoms with Crippen LogP contribution in [0.5, 0.6) is 0 Å². The van der Waals surface area contributed by atoms with Gasteiger partial charge in [0.05, 0.1) is 0 Å². The smallest absolute Gasteiger partial charge is 0.133 e. The topological polar surface area (TPSA) is 26.0 Å². The molecule has 0 radical (unpaired) electrons. The summed E-state index contributed by atoms with van der Waals surface area (Å²) >= 11 is 0. The van der Waals surface area contributed by atoms with E-state index in [9.17, 15) is 8.78 Å². The van der Waals surface area contributed by atoms with Crippen LogP contribution in [0.4, 0.5) is 8.78 Å². The number of hydrogen-bond acceptors (Lipinski definition) is 1. The van der Waals surface area contributed by atoms with Crippen LogP contribution in [0.1, 0.15) is 48.1 Å². The molecular formula is C18H21F2N. The molecule has 0 spiro atoms. The highest BCUT2D eigenvalue weighted by atomic mass is 19.1. The van der Waals surface area contributed by atoms with Crippen LogP contribution in [0.15, 0.2) is 36.4 Å². The Bertz CT molecular complexity index is 618. The van der Waals surface area contributed by atoms with Gasteiger partial charge in [-0.25, -0.2) is 8.78 Å². The molecule has 21 heavy (non-hydrogen) atoms. The average molecular weight is 289 g/mol. The molecule has 0 aliphatic heterocycles. The van der Waals surface area contributed by atoms with E-state index < -0.39 is 17.7 Å². The van der Waals surface area contributed by atoms with Crippen molar-refractivity contribution in [1.82, 2.24) is 0 Å². The van der Waals surface area contributed by atoms with Crippen molar-refractivity contribution in [2.45, 2.75) is 39.2 Å².